The van der Waals surface area contributed by atoms with Gasteiger partial charge in [-0.05, 0) is 84.3 Å². The Morgan fingerprint density at radius 2 is 0.983 bits per heavy atom. The zero-order valence-electron chi connectivity index (χ0n) is 32.1. The molecule has 0 spiro atoms. The minimum Gasteiger partial charge on any atom is -0.458 e. The van der Waals surface area contributed by atoms with E-state index in [1.165, 1.54) is 80.6 Å². The number of benzene rings is 9. The van der Waals surface area contributed by atoms with Gasteiger partial charge in [0.15, 0.2) is 8.07 Å². The van der Waals surface area contributed by atoms with Crippen LogP contribution in [0.15, 0.2) is 223 Å². The van der Waals surface area contributed by atoms with Crippen molar-refractivity contribution >= 4 is 79.2 Å². The topological polar surface area (TPSA) is 14.2 Å². The molecule has 0 aliphatic carbocycles. The molecular formula is C54H36BNOSSi. The van der Waals surface area contributed by atoms with E-state index in [0.717, 1.165) is 17.2 Å². The molecule has 5 heteroatoms. The van der Waals surface area contributed by atoms with E-state index in [9.17, 15) is 0 Å². The number of fused-ring (bicyclic) bond motifs is 7. The molecule has 276 valence electrons. The largest absolute Gasteiger partial charge is 0.458 e. The van der Waals surface area contributed by atoms with Gasteiger partial charge in [0.1, 0.15) is 11.5 Å². The van der Waals surface area contributed by atoms with Gasteiger partial charge in [0.05, 0.1) is 16.7 Å². The number of para-hydroxylation sites is 3. The van der Waals surface area contributed by atoms with E-state index < -0.39 is 8.07 Å². The van der Waals surface area contributed by atoms with E-state index in [4.69, 9.17) is 4.74 Å². The summed E-state index contributed by atoms with van der Waals surface area (Å²) < 4.78 is 9.23. The van der Waals surface area contributed by atoms with Crippen molar-refractivity contribution in [3.8, 4) is 39.4 Å². The van der Waals surface area contributed by atoms with Gasteiger partial charge in [-0.3, -0.25) is 0 Å². The SMILES string of the molecule is c1ccc([Si](c2ccccc2)(c2ccccc2)c2cccc(-c3ccc4c(c3)SB3c5ccccc5Oc5cc(-n6c7ccccc7c7ccccc76)cc-4c53)c2)cc1. The second kappa shape index (κ2) is 13.7. The lowest BCUT2D eigenvalue weighted by Gasteiger charge is -2.35. The summed E-state index contributed by atoms with van der Waals surface area (Å²) >= 11 is 1.95. The highest BCUT2D eigenvalue weighted by molar-refractivity contribution is 8.28. The van der Waals surface area contributed by atoms with Gasteiger partial charge < -0.3 is 9.30 Å². The molecule has 2 nitrogen and oxygen atoms in total. The normalized spacial score (nSPS) is 12.8. The molecule has 2 aliphatic heterocycles. The lowest BCUT2D eigenvalue weighted by Crippen LogP contribution is -2.74. The first kappa shape index (κ1) is 34.3. The van der Waals surface area contributed by atoms with Gasteiger partial charge in [-0.2, -0.15) is 11.6 Å². The molecule has 0 atom stereocenters. The lowest BCUT2D eigenvalue weighted by molar-refractivity contribution is 0.487. The van der Waals surface area contributed by atoms with Crippen LogP contribution in [0.5, 0.6) is 11.5 Å². The average molecular weight is 786 g/mol. The van der Waals surface area contributed by atoms with Gasteiger partial charge in [-0.25, -0.2) is 0 Å². The number of hydrogen-bond acceptors (Lipinski definition) is 2. The third-order valence-corrected chi connectivity index (χ3v) is 18.5. The molecule has 10 aromatic rings. The molecule has 0 bridgehead atoms. The molecule has 0 saturated carbocycles. The van der Waals surface area contributed by atoms with Crippen molar-refractivity contribution in [2.75, 3.05) is 0 Å². The summed E-state index contributed by atoms with van der Waals surface area (Å²) in [5, 5.41) is 7.99. The molecule has 0 radical (unpaired) electrons. The van der Waals surface area contributed by atoms with Crippen LogP contribution < -0.4 is 36.4 Å². The molecule has 0 N–H and O–H groups in total. The Bertz CT molecular complexity index is 3090. The second-order valence-electron chi connectivity index (χ2n) is 15.6. The molecule has 2 aliphatic rings. The van der Waals surface area contributed by atoms with Crippen LogP contribution in [-0.2, 0) is 0 Å². The Kier molecular flexibility index (Phi) is 7.94. The summed E-state index contributed by atoms with van der Waals surface area (Å²) in [6, 6.07) is 80.7. The fraction of sp³-hybridized carbons (Fsp3) is 0. The number of rotatable bonds is 6. The average Bonchev–Trinajstić information content (AvgIpc) is 3.65. The standard InChI is InChI=1S/C54H36BNOSSi/c1-4-18-40(19-5-1)59(41-20-6-2-7-21-41,42-22-8-3-9-23-42)43-24-16-17-37(33-43)38-31-32-46-47-35-39(56-49-28-13-10-25-44(49)45-26-11-14-29-50(45)56)36-52-54(47)55(58-53(46)34-38)48-27-12-15-30-51(48)57-52/h1-36H. The molecule has 0 unspecified atom stereocenters. The fourth-order valence-electron chi connectivity index (χ4n) is 9.85. The quantitative estimate of drug-likeness (QED) is 0.123. The summed E-state index contributed by atoms with van der Waals surface area (Å²) in [6.45, 7) is 0. The van der Waals surface area contributed by atoms with E-state index in [1.54, 1.807) is 0 Å². The van der Waals surface area contributed by atoms with Crippen molar-refractivity contribution in [1.82, 2.24) is 4.57 Å². The molecule has 0 amide bonds. The monoisotopic (exact) mass is 785 g/mol. The zero-order chi connectivity index (χ0) is 38.9. The smallest absolute Gasteiger partial charge is 0.289 e. The van der Waals surface area contributed by atoms with Gasteiger partial charge in [0.25, 0.3) is 5.99 Å². The van der Waals surface area contributed by atoms with Gasteiger partial charge in [0, 0.05) is 21.7 Å². The van der Waals surface area contributed by atoms with Crippen LogP contribution in [0, 0.1) is 0 Å². The zero-order valence-corrected chi connectivity index (χ0v) is 33.9. The van der Waals surface area contributed by atoms with Crippen LogP contribution in [0.4, 0.5) is 0 Å². The molecule has 3 heterocycles. The van der Waals surface area contributed by atoms with Crippen LogP contribution in [0.1, 0.15) is 0 Å². The predicted octanol–water partition coefficient (Wildman–Crippen LogP) is 9.81. The van der Waals surface area contributed by atoms with Gasteiger partial charge in [-0.1, -0.05) is 182 Å². The number of ether oxygens (including phenoxy) is 1. The Labute approximate surface area is 349 Å². The highest BCUT2D eigenvalue weighted by Gasteiger charge is 2.42. The number of nitrogens with zero attached hydrogens (tertiary/aromatic N) is 1. The molecule has 1 aromatic heterocycles. The first-order chi connectivity index (χ1) is 29.3. The van der Waals surface area contributed by atoms with Crippen LogP contribution >= 0.6 is 11.6 Å². The van der Waals surface area contributed by atoms with Gasteiger partial charge in [0.2, 0.25) is 0 Å². The third-order valence-electron chi connectivity index (χ3n) is 12.4. The molecular weight excluding hydrogens is 750 g/mol. The van der Waals surface area contributed by atoms with Crippen molar-refractivity contribution in [2.45, 2.75) is 4.90 Å². The van der Waals surface area contributed by atoms with E-state index in [0.29, 0.717) is 0 Å². The summed E-state index contributed by atoms with van der Waals surface area (Å²) in [7, 11) is -2.69. The van der Waals surface area contributed by atoms with E-state index in [2.05, 4.69) is 223 Å². The maximum Gasteiger partial charge on any atom is 0.289 e. The maximum absolute atomic E-state index is 6.83. The Hall–Kier alpha value is -6.79. The van der Waals surface area contributed by atoms with Crippen molar-refractivity contribution in [3.05, 3.63) is 218 Å². The first-order valence-electron chi connectivity index (χ1n) is 20.3. The summed E-state index contributed by atoms with van der Waals surface area (Å²) in [6.07, 6.45) is 0. The van der Waals surface area contributed by atoms with Gasteiger partial charge in [-0.15, -0.1) is 0 Å². The second-order valence-corrected chi connectivity index (χ2v) is 20.5. The highest BCUT2D eigenvalue weighted by atomic mass is 32.2. The van der Waals surface area contributed by atoms with Crippen molar-refractivity contribution < 1.29 is 4.74 Å². The summed E-state index contributed by atoms with van der Waals surface area (Å²) in [5.41, 5.74) is 10.9. The molecule has 0 fully saturated rings. The van der Waals surface area contributed by atoms with E-state index in [1.807, 2.05) is 11.6 Å². The van der Waals surface area contributed by atoms with Gasteiger partial charge >= 0.3 is 0 Å². The fourth-order valence-corrected chi connectivity index (χ4v) is 16.1. The molecule has 59 heavy (non-hydrogen) atoms. The molecule has 12 rings (SSSR count). The summed E-state index contributed by atoms with van der Waals surface area (Å²) in [4.78, 5) is 1.28. The minimum absolute atomic E-state index is 0.112. The van der Waals surface area contributed by atoms with Crippen molar-refractivity contribution in [2.24, 2.45) is 0 Å². The Morgan fingerprint density at radius 3 is 1.64 bits per heavy atom. The van der Waals surface area contributed by atoms with Crippen LogP contribution in [0.3, 0.4) is 0 Å². The minimum atomic E-state index is -2.69. The van der Waals surface area contributed by atoms with E-state index >= 15 is 0 Å². The van der Waals surface area contributed by atoms with E-state index in [-0.39, 0.29) is 5.99 Å². The number of hydrogen-bond donors (Lipinski definition) is 0. The maximum atomic E-state index is 6.83. The molecule has 0 saturated heterocycles. The van der Waals surface area contributed by atoms with Crippen LogP contribution in [-0.4, -0.2) is 18.6 Å². The van der Waals surface area contributed by atoms with Crippen molar-refractivity contribution in [1.29, 1.82) is 0 Å². The third kappa shape index (κ3) is 5.28. The Morgan fingerprint density at radius 1 is 0.424 bits per heavy atom. The molecule has 9 aromatic carbocycles. The Balaban J connectivity index is 1.05. The summed E-state index contributed by atoms with van der Waals surface area (Å²) in [5.74, 6) is 1.97. The van der Waals surface area contributed by atoms with Crippen LogP contribution in [0.2, 0.25) is 0 Å². The first-order valence-corrected chi connectivity index (χ1v) is 23.2. The highest BCUT2D eigenvalue weighted by Crippen LogP contribution is 2.46. The van der Waals surface area contributed by atoms with Crippen molar-refractivity contribution in [3.63, 3.8) is 0 Å². The van der Waals surface area contributed by atoms with Crippen LogP contribution in [0.25, 0.3) is 49.7 Å². The number of aromatic nitrogens is 1. The lowest BCUT2D eigenvalue weighted by atomic mass is 9.57. The predicted molar refractivity (Wildman–Crippen MR) is 253 cm³/mol.